The maximum atomic E-state index is 12.6. The SMILES string of the molecule is CS(=O)(=O)c1cccc(NC2CCN(c3ccccc3OC(F)F)C2)c1[N+](=O)[O-]. The van der Waals surface area contributed by atoms with Gasteiger partial charge in [-0.05, 0) is 30.7 Å². The molecule has 2 aromatic rings. The van der Waals surface area contributed by atoms with E-state index >= 15 is 0 Å². The first-order valence-corrected chi connectivity index (χ1v) is 10.6. The van der Waals surface area contributed by atoms with Crippen LogP contribution in [0.3, 0.4) is 0 Å². The number of anilines is 2. The van der Waals surface area contributed by atoms with Gasteiger partial charge in [-0.15, -0.1) is 0 Å². The lowest BCUT2D eigenvalue weighted by Gasteiger charge is -2.22. The molecule has 0 bridgehead atoms. The lowest BCUT2D eigenvalue weighted by Crippen LogP contribution is -2.27. The maximum absolute atomic E-state index is 12.6. The van der Waals surface area contributed by atoms with Gasteiger partial charge >= 0.3 is 12.3 Å². The van der Waals surface area contributed by atoms with Crippen molar-refractivity contribution in [2.24, 2.45) is 0 Å². The molecule has 0 aromatic heterocycles. The van der Waals surface area contributed by atoms with Crippen LogP contribution in [0, 0.1) is 10.1 Å². The molecule has 0 amide bonds. The van der Waals surface area contributed by atoms with Gasteiger partial charge in [-0.2, -0.15) is 8.78 Å². The predicted octanol–water partition coefficient (Wildman–Crippen LogP) is 3.29. The minimum absolute atomic E-state index is 0.0493. The number of hydrogen-bond acceptors (Lipinski definition) is 7. The topological polar surface area (TPSA) is 102 Å². The van der Waals surface area contributed by atoms with Crippen LogP contribution in [-0.2, 0) is 9.84 Å². The van der Waals surface area contributed by atoms with Gasteiger partial charge < -0.3 is 15.0 Å². The second-order valence-corrected chi connectivity index (χ2v) is 8.59. The molecular formula is C18H19F2N3O5S. The van der Waals surface area contributed by atoms with Crippen molar-refractivity contribution in [3.8, 4) is 5.75 Å². The molecule has 1 unspecified atom stereocenters. The van der Waals surface area contributed by atoms with Crippen LogP contribution in [0.25, 0.3) is 0 Å². The van der Waals surface area contributed by atoms with Crippen molar-refractivity contribution in [3.05, 3.63) is 52.6 Å². The number of nitro benzene ring substituents is 1. The second kappa shape index (κ2) is 8.19. The average Bonchev–Trinajstić information content (AvgIpc) is 3.09. The van der Waals surface area contributed by atoms with Crippen LogP contribution in [0.2, 0.25) is 0 Å². The van der Waals surface area contributed by atoms with Crippen LogP contribution < -0.4 is 15.0 Å². The summed E-state index contributed by atoms with van der Waals surface area (Å²) in [7, 11) is -3.79. The molecule has 0 radical (unpaired) electrons. The summed E-state index contributed by atoms with van der Waals surface area (Å²) >= 11 is 0. The molecule has 156 valence electrons. The van der Waals surface area contributed by atoms with Gasteiger partial charge in [0.15, 0.2) is 9.84 Å². The number of rotatable bonds is 7. The molecule has 1 fully saturated rings. The van der Waals surface area contributed by atoms with E-state index in [1.807, 2.05) is 4.90 Å². The molecule has 11 heteroatoms. The fraction of sp³-hybridized carbons (Fsp3) is 0.333. The van der Waals surface area contributed by atoms with Crippen molar-refractivity contribution >= 4 is 26.9 Å². The lowest BCUT2D eigenvalue weighted by molar-refractivity contribution is -0.386. The van der Waals surface area contributed by atoms with E-state index in [0.717, 1.165) is 6.26 Å². The third-order valence-electron chi connectivity index (χ3n) is 4.55. The van der Waals surface area contributed by atoms with Gasteiger partial charge in [0.2, 0.25) is 0 Å². The van der Waals surface area contributed by atoms with Gasteiger partial charge in [0.1, 0.15) is 16.3 Å². The van der Waals surface area contributed by atoms with E-state index in [1.165, 1.54) is 24.3 Å². The molecule has 29 heavy (non-hydrogen) atoms. The highest BCUT2D eigenvalue weighted by Crippen LogP contribution is 2.35. The molecular weight excluding hydrogens is 408 g/mol. The van der Waals surface area contributed by atoms with Gasteiger partial charge in [-0.1, -0.05) is 18.2 Å². The highest BCUT2D eigenvalue weighted by Gasteiger charge is 2.30. The summed E-state index contributed by atoms with van der Waals surface area (Å²) in [5, 5.41) is 14.5. The van der Waals surface area contributed by atoms with Gasteiger partial charge in [0.25, 0.3) is 0 Å². The Morgan fingerprint density at radius 2 is 1.97 bits per heavy atom. The summed E-state index contributed by atoms with van der Waals surface area (Å²) in [6, 6.07) is 10.2. The van der Waals surface area contributed by atoms with Crippen LogP contribution in [0.4, 0.5) is 25.8 Å². The number of nitrogens with one attached hydrogen (secondary N) is 1. The highest BCUT2D eigenvalue weighted by molar-refractivity contribution is 7.90. The number of benzene rings is 2. The van der Waals surface area contributed by atoms with E-state index in [0.29, 0.717) is 25.2 Å². The predicted molar refractivity (Wildman–Crippen MR) is 104 cm³/mol. The maximum Gasteiger partial charge on any atom is 0.387 e. The fourth-order valence-electron chi connectivity index (χ4n) is 3.36. The number of alkyl halides is 2. The van der Waals surface area contributed by atoms with Gasteiger partial charge in [-0.3, -0.25) is 10.1 Å². The number of halogens is 2. The van der Waals surface area contributed by atoms with E-state index in [4.69, 9.17) is 0 Å². The normalized spacial score (nSPS) is 16.8. The molecule has 1 N–H and O–H groups in total. The molecule has 1 aliphatic rings. The summed E-state index contributed by atoms with van der Waals surface area (Å²) in [4.78, 5) is 12.2. The number of sulfone groups is 1. The van der Waals surface area contributed by atoms with E-state index in [9.17, 15) is 27.3 Å². The van der Waals surface area contributed by atoms with Gasteiger partial charge in [0, 0.05) is 25.4 Å². The molecule has 1 aliphatic heterocycles. The highest BCUT2D eigenvalue weighted by atomic mass is 32.2. The minimum atomic E-state index is -3.79. The Hall–Kier alpha value is -2.95. The third kappa shape index (κ3) is 4.73. The number of para-hydroxylation sites is 3. The van der Waals surface area contributed by atoms with Crippen molar-refractivity contribution < 1.29 is 26.9 Å². The Bertz CT molecular complexity index is 1020. The Labute approximate surface area is 166 Å². The van der Waals surface area contributed by atoms with Gasteiger partial charge in [0.05, 0.1) is 10.6 Å². The van der Waals surface area contributed by atoms with Crippen molar-refractivity contribution in [2.45, 2.75) is 24.0 Å². The van der Waals surface area contributed by atoms with Crippen LogP contribution in [-0.4, -0.2) is 45.3 Å². The molecule has 8 nitrogen and oxygen atoms in total. The van der Waals surface area contributed by atoms with Crippen LogP contribution in [0.1, 0.15) is 6.42 Å². The summed E-state index contributed by atoms with van der Waals surface area (Å²) in [5.74, 6) is 0.0493. The van der Waals surface area contributed by atoms with Crippen molar-refractivity contribution in [1.29, 1.82) is 0 Å². The van der Waals surface area contributed by atoms with Gasteiger partial charge in [-0.25, -0.2) is 8.42 Å². The monoisotopic (exact) mass is 427 g/mol. The molecule has 1 atom stereocenters. The van der Waals surface area contributed by atoms with Crippen molar-refractivity contribution in [3.63, 3.8) is 0 Å². The summed E-state index contributed by atoms with van der Waals surface area (Å²) in [6.07, 6.45) is 1.49. The summed E-state index contributed by atoms with van der Waals surface area (Å²) in [6.45, 7) is -2.06. The molecule has 0 saturated carbocycles. The fourth-order valence-corrected chi connectivity index (χ4v) is 4.22. The van der Waals surface area contributed by atoms with Crippen molar-refractivity contribution in [2.75, 3.05) is 29.6 Å². The molecule has 3 rings (SSSR count). The van der Waals surface area contributed by atoms with Crippen molar-refractivity contribution in [1.82, 2.24) is 0 Å². The number of hydrogen-bond donors (Lipinski definition) is 1. The Balaban J connectivity index is 1.82. The second-order valence-electron chi connectivity index (χ2n) is 6.60. The molecule has 1 saturated heterocycles. The smallest absolute Gasteiger partial charge is 0.387 e. The Morgan fingerprint density at radius 1 is 1.24 bits per heavy atom. The Kier molecular flexibility index (Phi) is 5.87. The van der Waals surface area contributed by atoms with E-state index in [1.54, 1.807) is 18.2 Å². The number of nitrogens with zero attached hydrogens (tertiary/aromatic N) is 2. The first kappa shape index (κ1) is 20.8. The Morgan fingerprint density at radius 3 is 2.62 bits per heavy atom. The average molecular weight is 427 g/mol. The zero-order valence-corrected chi connectivity index (χ0v) is 16.2. The summed E-state index contributed by atoms with van der Waals surface area (Å²) in [5.41, 5.74) is 0.0910. The van der Waals surface area contributed by atoms with Crippen LogP contribution in [0.15, 0.2) is 47.4 Å². The zero-order chi connectivity index (χ0) is 21.2. The zero-order valence-electron chi connectivity index (χ0n) is 15.4. The minimum Gasteiger partial charge on any atom is -0.433 e. The molecule has 1 heterocycles. The van der Waals surface area contributed by atoms with E-state index in [2.05, 4.69) is 10.1 Å². The van der Waals surface area contributed by atoms with E-state index < -0.39 is 27.1 Å². The largest absolute Gasteiger partial charge is 0.433 e. The quantitative estimate of drug-likeness (QED) is 0.534. The lowest BCUT2D eigenvalue weighted by atomic mass is 10.2. The molecule has 0 aliphatic carbocycles. The first-order chi connectivity index (χ1) is 13.7. The van der Waals surface area contributed by atoms with Crippen LogP contribution in [0.5, 0.6) is 5.75 Å². The molecule has 2 aromatic carbocycles. The standard InChI is InChI=1S/C18H19F2N3O5S/c1-29(26,27)16-8-4-5-13(17(16)23(24)25)21-12-9-10-22(11-12)14-6-2-3-7-15(14)28-18(19)20/h2-8,12,18,21H,9-11H2,1H3. The van der Waals surface area contributed by atoms with Crippen LogP contribution >= 0.6 is 0 Å². The number of ether oxygens (including phenoxy) is 1. The van der Waals surface area contributed by atoms with E-state index in [-0.39, 0.29) is 22.4 Å². The third-order valence-corrected chi connectivity index (χ3v) is 5.68. The summed E-state index contributed by atoms with van der Waals surface area (Å²) < 4.78 is 53.6. The molecule has 0 spiro atoms. The first-order valence-electron chi connectivity index (χ1n) is 8.69. The number of nitro groups is 1.